The van der Waals surface area contributed by atoms with E-state index in [0.717, 1.165) is 13.8 Å². The molecule has 0 atom stereocenters. The van der Waals surface area contributed by atoms with Crippen LogP contribution in [0.15, 0.2) is 0 Å². The van der Waals surface area contributed by atoms with Gasteiger partial charge < -0.3 is 45.5 Å². The number of ether oxygens (including phenoxy) is 4. The molecule has 0 radical (unpaired) electrons. The topological polar surface area (TPSA) is 219 Å². The average molecular weight is 1550 g/mol. The highest BCUT2D eigenvalue weighted by Crippen LogP contribution is 2.47. The van der Waals surface area contributed by atoms with E-state index in [9.17, 15) is 161 Å². The van der Waals surface area contributed by atoms with E-state index in [1.165, 1.54) is 19.6 Å². The number of nitrogen functional groups attached to an aromatic ring is 2. The van der Waals surface area contributed by atoms with Crippen molar-refractivity contribution in [3.05, 3.63) is 218 Å². The molecule has 0 aliphatic carbocycles. The number of rotatable bonds is 13. The molecule has 0 heterocycles. The van der Waals surface area contributed by atoms with Gasteiger partial charge in [0.2, 0.25) is 186 Å². The van der Waals surface area contributed by atoms with Gasteiger partial charge in [0.05, 0.1) is 9.85 Å². The predicted octanol–water partition coefficient (Wildman–Crippen LogP) is 19.4. The molecule has 0 aliphatic heterocycles. The molecule has 104 heavy (non-hydrogen) atoms. The van der Waals surface area contributed by atoms with E-state index in [2.05, 4.69) is 44.6 Å². The summed E-state index contributed by atoms with van der Waals surface area (Å²) in [5, 5.41) is 37.8. The van der Waals surface area contributed by atoms with Crippen molar-refractivity contribution in [1.29, 1.82) is 0 Å². The Balaban J connectivity index is 0.000000382. The number of hydrogen-bond donors (Lipinski definition) is 4. The SMILES string of the molecule is C.CCN(CC)CC.Cc1c(F)c(F)c(C)c(F)c1F.Nc1c(F)c(F)c(Oc2c(F)c(F)c(Oc3c(F)c(F)c(N)c(F)c3F)c(F)c2F)c(F)c1F.O=[N+]([O-])c1c(F)c(F)c(Oc2c(F)c(F)c(Oc3c(F)c(F)c([N+](=O)[O-])c(F)c3F)c(F)c2F)c(F)c1F.Oc1c(F)c(O)c(F)c(F)c1F. The van der Waals surface area contributed by atoms with Crippen LogP contribution in [-0.2, 0) is 0 Å². The van der Waals surface area contributed by atoms with Crippen LogP contribution in [0.25, 0.3) is 0 Å². The maximum atomic E-state index is 14.3. The molecule has 0 fully saturated rings. The maximum absolute atomic E-state index is 14.3. The zero-order chi connectivity index (χ0) is 79.4. The molecule has 8 aromatic carbocycles. The van der Waals surface area contributed by atoms with Gasteiger partial charge in [-0.15, -0.1) is 0 Å². The lowest BCUT2D eigenvalue weighted by Gasteiger charge is -2.16. The number of aromatic hydroxyl groups is 2. The highest BCUT2D eigenvalue weighted by atomic mass is 19.2. The number of nitro groups is 2. The molecule has 0 saturated heterocycles. The molecule has 8 aromatic rings. The first kappa shape index (κ1) is 86.9. The van der Waals surface area contributed by atoms with Gasteiger partial charge in [-0.05, 0) is 33.5 Å². The van der Waals surface area contributed by atoms with E-state index in [0.29, 0.717) is 0 Å². The molecule has 0 amide bonds. The second-order valence-corrected chi connectivity index (χ2v) is 18.7. The highest BCUT2D eigenvalue weighted by molar-refractivity contribution is 5.53. The van der Waals surface area contributed by atoms with E-state index >= 15 is 0 Å². The molecule has 8 rings (SSSR count). The molecule has 15 nitrogen and oxygen atoms in total. The molecule has 0 unspecified atom stereocenters. The van der Waals surface area contributed by atoms with Gasteiger partial charge in [0.25, 0.3) is 0 Å². The fourth-order valence-corrected chi connectivity index (χ4v) is 7.22. The fraction of sp³-hybridized carbons (Fsp3) is 0.158. The summed E-state index contributed by atoms with van der Waals surface area (Å²) in [7, 11) is 0. The van der Waals surface area contributed by atoms with Crippen molar-refractivity contribution in [2.24, 2.45) is 0 Å². The zero-order valence-electron chi connectivity index (χ0n) is 49.9. The summed E-state index contributed by atoms with van der Waals surface area (Å²) in [6, 6.07) is 0. The third kappa shape index (κ3) is 16.4. The summed E-state index contributed by atoms with van der Waals surface area (Å²) in [5.74, 6) is -100. The third-order valence-electron chi connectivity index (χ3n) is 12.7. The number of nitrogens with two attached hydrogens (primary N) is 2. The molecular formula is C57H31F32N5O10. The lowest BCUT2D eigenvalue weighted by atomic mass is 10.1. The Morgan fingerprint density at radius 2 is 0.433 bits per heavy atom. The van der Waals surface area contributed by atoms with E-state index < -0.39 is 287 Å². The normalized spacial score (nSPS) is 10.8. The summed E-state index contributed by atoms with van der Waals surface area (Å²) in [5.41, 5.74) is -0.122. The summed E-state index contributed by atoms with van der Waals surface area (Å²) in [6.07, 6.45) is 0. The molecule has 0 aliphatic rings. The van der Waals surface area contributed by atoms with E-state index in [-0.39, 0.29) is 7.43 Å². The van der Waals surface area contributed by atoms with Crippen LogP contribution in [-0.4, -0.2) is 44.6 Å². The van der Waals surface area contributed by atoms with Crippen molar-refractivity contribution in [1.82, 2.24) is 4.90 Å². The van der Waals surface area contributed by atoms with Crippen LogP contribution in [0, 0.1) is 220 Å². The maximum Gasteiger partial charge on any atom is 0.346 e. The van der Waals surface area contributed by atoms with Crippen LogP contribution in [0.1, 0.15) is 39.3 Å². The van der Waals surface area contributed by atoms with Crippen LogP contribution in [0.2, 0.25) is 0 Å². The lowest BCUT2D eigenvalue weighted by Crippen LogP contribution is -2.21. The van der Waals surface area contributed by atoms with Gasteiger partial charge in [-0.2, -0.15) is 101 Å². The molecular weight excluding hydrogens is 1520 g/mol. The minimum absolute atomic E-state index is 0. The second-order valence-electron chi connectivity index (χ2n) is 18.7. The summed E-state index contributed by atoms with van der Waals surface area (Å²) >= 11 is 0. The molecule has 6 N–H and O–H groups in total. The van der Waals surface area contributed by atoms with Gasteiger partial charge in [-0.25, -0.2) is 39.5 Å². The monoisotopic (exact) mass is 1550 g/mol. The number of hydrogen-bond acceptors (Lipinski definition) is 13. The van der Waals surface area contributed by atoms with Gasteiger partial charge in [-0.1, -0.05) is 28.2 Å². The van der Waals surface area contributed by atoms with Crippen molar-refractivity contribution in [3.63, 3.8) is 0 Å². The standard InChI is InChI=1S/C18F12N2O6.C18H4F12N2O2.C8H6F4.C6H2F4O2.C6H15N.CH4/c19-1-5(23)15(6(24)2(20)13(1)31(33)34)37-17-9(27)11(29)18(12(30)10(17)28)38-16-7(25)3(21)14(32(35)36)4(22)8(16)26;19-1-5(23)15(6(24)2(20)13(1)31)33-17-9(27)11(29)18(12(30)10(17)28)34-16-7(25)3(21)14(32)4(22)8(16)26;1-3-5(9)7(11)4(2)8(12)6(3)10;7-1-2(8)5(11)4(10)6(12)3(1)9;1-4-7(5-2)6-3;/h;31-32H2;1-2H3;11-12H;4-6H2,1-3H3;1H4. The first-order chi connectivity index (χ1) is 47.5. The Morgan fingerprint density at radius 1 is 0.279 bits per heavy atom. The molecule has 568 valence electrons. The Hall–Kier alpha value is -11.3. The summed E-state index contributed by atoms with van der Waals surface area (Å²) in [4.78, 5) is 19.5. The second kappa shape index (κ2) is 34.1. The number of nitrogens with zero attached hydrogens (tertiary/aromatic N) is 3. The largest absolute Gasteiger partial charge is 0.503 e. The van der Waals surface area contributed by atoms with Gasteiger partial charge >= 0.3 is 11.4 Å². The van der Waals surface area contributed by atoms with Crippen LogP contribution >= 0.6 is 0 Å². The van der Waals surface area contributed by atoms with Crippen molar-refractivity contribution < 1.29 is 180 Å². The molecule has 0 bridgehead atoms. The highest BCUT2D eigenvalue weighted by Gasteiger charge is 2.41. The van der Waals surface area contributed by atoms with E-state index in [4.69, 9.17) is 21.7 Å². The number of halogens is 32. The van der Waals surface area contributed by atoms with Crippen LogP contribution in [0.3, 0.4) is 0 Å². The predicted molar refractivity (Wildman–Crippen MR) is 286 cm³/mol. The first-order valence-corrected chi connectivity index (χ1v) is 26.0. The van der Waals surface area contributed by atoms with Crippen molar-refractivity contribution >= 4 is 22.7 Å². The number of phenols is 2. The van der Waals surface area contributed by atoms with Crippen molar-refractivity contribution in [2.75, 3.05) is 31.1 Å². The lowest BCUT2D eigenvalue weighted by molar-refractivity contribution is -0.390. The fourth-order valence-electron chi connectivity index (χ4n) is 7.22. The zero-order valence-corrected chi connectivity index (χ0v) is 49.9. The molecule has 0 aromatic heterocycles. The Bertz CT molecular complexity index is 4070. The summed E-state index contributed by atoms with van der Waals surface area (Å²) in [6.45, 7) is 12.1. The summed E-state index contributed by atoms with van der Waals surface area (Å²) < 4.78 is 449. The van der Waals surface area contributed by atoms with Crippen LogP contribution < -0.4 is 30.4 Å². The van der Waals surface area contributed by atoms with Crippen LogP contribution in [0.4, 0.5) is 163 Å². The van der Waals surface area contributed by atoms with Crippen LogP contribution in [0.5, 0.6) is 57.5 Å². The third-order valence-corrected chi connectivity index (χ3v) is 12.7. The smallest absolute Gasteiger partial charge is 0.346 e. The number of anilines is 2. The number of nitro benzene ring substituents is 2. The molecule has 0 spiro atoms. The minimum atomic E-state index is -2.90. The van der Waals surface area contributed by atoms with E-state index in [1.807, 2.05) is 0 Å². The molecule has 47 heteroatoms. The van der Waals surface area contributed by atoms with Gasteiger partial charge in [0, 0.05) is 11.1 Å². The van der Waals surface area contributed by atoms with Gasteiger partial charge in [-0.3, -0.25) is 20.2 Å². The number of benzene rings is 8. The van der Waals surface area contributed by atoms with Crippen molar-refractivity contribution in [3.8, 4) is 57.5 Å². The van der Waals surface area contributed by atoms with Gasteiger partial charge in [0.1, 0.15) is 11.4 Å². The quantitative estimate of drug-likeness (QED) is 0.0211. The Kier molecular flexibility index (Phi) is 28.5. The Morgan fingerprint density at radius 3 is 0.577 bits per heavy atom. The minimum Gasteiger partial charge on any atom is -0.503 e. The molecule has 0 saturated carbocycles. The van der Waals surface area contributed by atoms with Gasteiger partial charge in [0.15, 0.2) is 58.0 Å². The average Bonchev–Trinajstić information content (AvgIpc) is 0.760. The number of phenolic OH excluding ortho intramolecular Hbond substituents is 2. The first-order valence-electron chi connectivity index (χ1n) is 26.0. The van der Waals surface area contributed by atoms with E-state index in [1.54, 1.807) is 0 Å². The Labute approximate surface area is 554 Å². The van der Waals surface area contributed by atoms with Crippen molar-refractivity contribution in [2.45, 2.75) is 42.0 Å².